The van der Waals surface area contributed by atoms with E-state index in [1.807, 2.05) is 30.3 Å². The highest BCUT2D eigenvalue weighted by Crippen LogP contribution is 2.12. The second-order valence-electron chi connectivity index (χ2n) is 3.78. The van der Waals surface area contributed by atoms with Gasteiger partial charge in [-0.25, -0.2) is 0 Å². The smallest absolute Gasteiger partial charge is 0.122 e. The van der Waals surface area contributed by atoms with Crippen LogP contribution < -0.4 is 11.1 Å². The average molecular weight is 278 g/mol. The first kappa shape index (κ1) is 12.8. The van der Waals surface area contributed by atoms with E-state index in [0.717, 1.165) is 16.3 Å². The Balaban J connectivity index is 1.97. The fourth-order valence-corrected chi connectivity index (χ4v) is 1.70. The largest absolute Gasteiger partial charge is 0.388 e. The van der Waals surface area contributed by atoms with Gasteiger partial charge in [0.25, 0.3) is 0 Å². The van der Waals surface area contributed by atoms with Crippen LogP contribution in [0.4, 0.5) is 5.69 Å². The predicted octanol–water partition coefficient (Wildman–Crippen LogP) is 2.98. The summed E-state index contributed by atoms with van der Waals surface area (Å²) < 4.78 is 0. The van der Waals surface area contributed by atoms with Gasteiger partial charge in [-0.05, 0) is 29.8 Å². The molecule has 0 spiro atoms. The second kappa shape index (κ2) is 5.80. The van der Waals surface area contributed by atoms with Crippen molar-refractivity contribution in [2.75, 3.05) is 5.32 Å². The van der Waals surface area contributed by atoms with Crippen LogP contribution in [0.3, 0.4) is 0 Å². The van der Waals surface area contributed by atoms with Crippen molar-refractivity contribution in [1.29, 1.82) is 0 Å². The van der Waals surface area contributed by atoms with E-state index in [4.69, 9.17) is 29.6 Å². The average Bonchev–Trinajstić information content (AvgIpc) is 2.38. The summed E-state index contributed by atoms with van der Waals surface area (Å²) in [7, 11) is 0. The number of hydrogen-bond acceptors (Lipinski definition) is 3. The Hall–Kier alpha value is -1.65. The van der Waals surface area contributed by atoms with E-state index in [1.165, 1.54) is 0 Å². The minimum absolute atomic E-state index is 0.305. The third kappa shape index (κ3) is 3.42. The standard InChI is InChI=1S/C13H12ClN3S/c14-10-3-1-9(2-4-10)7-16-11-5-6-12(13(15)18)17-8-11/h1-6,8,16H,7H2,(H2,15,18). The maximum atomic E-state index is 5.82. The van der Waals surface area contributed by atoms with Crippen molar-refractivity contribution in [3.8, 4) is 0 Å². The Labute approximate surface area is 116 Å². The number of thiocarbonyl (C=S) groups is 1. The molecule has 92 valence electrons. The molecule has 0 aliphatic heterocycles. The van der Waals surface area contributed by atoms with Crippen LogP contribution in [0.2, 0.25) is 5.02 Å². The molecule has 18 heavy (non-hydrogen) atoms. The minimum atomic E-state index is 0.305. The predicted molar refractivity (Wildman–Crippen MR) is 78.9 cm³/mol. The lowest BCUT2D eigenvalue weighted by atomic mass is 10.2. The van der Waals surface area contributed by atoms with E-state index in [1.54, 1.807) is 12.3 Å². The summed E-state index contributed by atoms with van der Waals surface area (Å²) in [5.41, 5.74) is 8.18. The number of anilines is 1. The molecule has 0 saturated carbocycles. The summed E-state index contributed by atoms with van der Waals surface area (Å²) in [6, 6.07) is 11.4. The van der Waals surface area contributed by atoms with Crippen LogP contribution in [0.25, 0.3) is 0 Å². The third-order valence-electron chi connectivity index (χ3n) is 2.43. The lowest BCUT2D eigenvalue weighted by molar-refractivity contribution is 1.13. The Morgan fingerprint density at radius 2 is 1.94 bits per heavy atom. The maximum absolute atomic E-state index is 5.82. The molecule has 5 heteroatoms. The lowest BCUT2D eigenvalue weighted by Gasteiger charge is -2.06. The fraction of sp³-hybridized carbons (Fsp3) is 0.0769. The molecular weight excluding hydrogens is 266 g/mol. The first-order valence-electron chi connectivity index (χ1n) is 5.39. The lowest BCUT2D eigenvalue weighted by Crippen LogP contribution is -2.11. The molecule has 0 radical (unpaired) electrons. The van der Waals surface area contributed by atoms with Gasteiger partial charge in [-0.3, -0.25) is 4.98 Å². The molecule has 1 aromatic carbocycles. The van der Waals surface area contributed by atoms with Crippen molar-refractivity contribution < 1.29 is 0 Å². The number of nitrogens with two attached hydrogens (primary N) is 1. The summed E-state index contributed by atoms with van der Waals surface area (Å²) in [5.74, 6) is 0. The van der Waals surface area contributed by atoms with Gasteiger partial charge in [0.05, 0.1) is 17.6 Å². The van der Waals surface area contributed by atoms with Crippen LogP contribution in [0.15, 0.2) is 42.6 Å². The molecule has 1 aromatic heterocycles. The SMILES string of the molecule is NC(=S)c1ccc(NCc2ccc(Cl)cc2)cn1. The van der Waals surface area contributed by atoms with E-state index in [0.29, 0.717) is 17.2 Å². The minimum Gasteiger partial charge on any atom is -0.388 e. The molecule has 3 N–H and O–H groups in total. The van der Waals surface area contributed by atoms with Crippen LogP contribution in [0, 0.1) is 0 Å². The highest BCUT2D eigenvalue weighted by atomic mass is 35.5. The Kier molecular flexibility index (Phi) is 4.12. The van der Waals surface area contributed by atoms with E-state index in [-0.39, 0.29) is 0 Å². The van der Waals surface area contributed by atoms with Gasteiger partial charge in [-0.15, -0.1) is 0 Å². The Morgan fingerprint density at radius 3 is 2.50 bits per heavy atom. The molecule has 0 unspecified atom stereocenters. The summed E-state index contributed by atoms with van der Waals surface area (Å²) >= 11 is 10.7. The third-order valence-corrected chi connectivity index (χ3v) is 2.89. The summed E-state index contributed by atoms with van der Waals surface area (Å²) in [5, 5.41) is 3.99. The van der Waals surface area contributed by atoms with E-state index < -0.39 is 0 Å². The van der Waals surface area contributed by atoms with Gasteiger partial charge >= 0.3 is 0 Å². The van der Waals surface area contributed by atoms with Crippen molar-refractivity contribution in [2.24, 2.45) is 5.73 Å². The fourth-order valence-electron chi connectivity index (χ4n) is 1.45. The number of halogens is 1. The molecule has 3 nitrogen and oxygen atoms in total. The number of nitrogens with zero attached hydrogens (tertiary/aromatic N) is 1. The highest BCUT2D eigenvalue weighted by molar-refractivity contribution is 7.80. The molecule has 0 aliphatic rings. The number of aromatic nitrogens is 1. The maximum Gasteiger partial charge on any atom is 0.122 e. The van der Waals surface area contributed by atoms with Crippen LogP contribution in [0.5, 0.6) is 0 Å². The molecule has 1 heterocycles. The Morgan fingerprint density at radius 1 is 1.22 bits per heavy atom. The summed E-state index contributed by atoms with van der Waals surface area (Å²) in [6.45, 7) is 0.714. The zero-order valence-corrected chi connectivity index (χ0v) is 11.1. The molecule has 0 aliphatic carbocycles. The van der Waals surface area contributed by atoms with Crippen molar-refractivity contribution in [3.63, 3.8) is 0 Å². The monoisotopic (exact) mass is 277 g/mol. The van der Waals surface area contributed by atoms with E-state index in [2.05, 4.69) is 10.3 Å². The van der Waals surface area contributed by atoms with Gasteiger partial charge < -0.3 is 11.1 Å². The number of benzene rings is 1. The van der Waals surface area contributed by atoms with Gasteiger partial charge in [0.15, 0.2) is 0 Å². The Bertz CT molecular complexity index is 537. The van der Waals surface area contributed by atoms with Crippen LogP contribution in [-0.2, 0) is 6.54 Å². The second-order valence-corrected chi connectivity index (χ2v) is 4.65. The summed E-state index contributed by atoms with van der Waals surface area (Å²) in [6.07, 6.45) is 1.71. The number of hydrogen-bond donors (Lipinski definition) is 2. The number of nitrogens with one attached hydrogen (secondary N) is 1. The molecule has 2 rings (SSSR count). The topological polar surface area (TPSA) is 50.9 Å². The van der Waals surface area contributed by atoms with Crippen molar-refractivity contribution in [3.05, 3.63) is 58.9 Å². The quantitative estimate of drug-likeness (QED) is 0.844. The van der Waals surface area contributed by atoms with Crippen LogP contribution in [0.1, 0.15) is 11.3 Å². The first-order valence-corrected chi connectivity index (χ1v) is 6.18. The van der Waals surface area contributed by atoms with Gasteiger partial charge in [-0.2, -0.15) is 0 Å². The molecule has 0 atom stereocenters. The van der Waals surface area contributed by atoms with Crippen LogP contribution >= 0.6 is 23.8 Å². The van der Waals surface area contributed by atoms with Crippen LogP contribution in [-0.4, -0.2) is 9.97 Å². The highest BCUT2D eigenvalue weighted by Gasteiger charge is 1.98. The van der Waals surface area contributed by atoms with Gasteiger partial charge in [0.1, 0.15) is 4.99 Å². The molecule has 2 aromatic rings. The molecular formula is C13H12ClN3S. The van der Waals surface area contributed by atoms with Crippen molar-refractivity contribution in [2.45, 2.75) is 6.54 Å². The van der Waals surface area contributed by atoms with E-state index >= 15 is 0 Å². The van der Waals surface area contributed by atoms with Gasteiger partial charge in [0, 0.05) is 11.6 Å². The molecule has 0 amide bonds. The van der Waals surface area contributed by atoms with Crippen molar-refractivity contribution in [1.82, 2.24) is 4.98 Å². The number of pyridine rings is 1. The normalized spacial score (nSPS) is 10.1. The zero-order chi connectivity index (χ0) is 13.0. The number of rotatable bonds is 4. The van der Waals surface area contributed by atoms with E-state index in [9.17, 15) is 0 Å². The molecule has 0 fully saturated rings. The summed E-state index contributed by atoms with van der Waals surface area (Å²) in [4.78, 5) is 4.46. The van der Waals surface area contributed by atoms with Gasteiger partial charge in [0.2, 0.25) is 0 Å². The van der Waals surface area contributed by atoms with Gasteiger partial charge in [-0.1, -0.05) is 36.0 Å². The molecule has 0 bridgehead atoms. The zero-order valence-electron chi connectivity index (χ0n) is 9.56. The van der Waals surface area contributed by atoms with Crippen molar-refractivity contribution >= 4 is 34.5 Å². The molecule has 0 saturated heterocycles. The first-order chi connectivity index (χ1) is 8.65.